The van der Waals surface area contributed by atoms with Crippen molar-refractivity contribution in [3.05, 3.63) is 35.9 Å². The molecule has 1 nitrogen and oxygen atoms in total. The minimum Gasteiger partial charge on any atom is -0.299 e. The monoisotopic (exact) mass is 212 g/mol. The fourth-order valence-electron chi connectivity index (χ4n) is 2.20. The molecule has 1 aliphatic rings. The van der Waals surface area contributed by atoms with E-state index in [1.54, 1.807) is 0 Å². The van der Waals surface area contributed by atoms with Crippen LogP contribution < -0.4 is 0 Å². The van der Waals surface area contributed by atoms with Crippen LogP contribution in [-0.4, -0.2) is 5.78 Å². The SMILES string of the molecule is C#CCCCC(=O)C1(c2ccccc2)CC1. The van der Waals surface area contributed by atoms with Crippen molar-refractivity contribution in [2.75, 3.05) is 0 Å². The summed E-state index contributed by atoms with van der Waals surface area (Å²) in [5, 5.41) is 0. The molecule has 0 bridgehead atoms. The van der Waals surface area contributed by atoms with Crippen LogP contribution in [0.1, 0.15) is 37.7 Å². The predicted octanol–water partition coefficient (Wildman–Crippen LogP) is 3.09. The van der Waals surface area contributed by atoms with Gasteiger partial charge in [-0.15, -0.1) is 12.3 Å². The zero-order valence-corrected chi connectivity index (χ0v) is 9.41. The van der Waals surface area contributed by atoms with Crippen molar-refractivity contribution in [1.29, 1.82) is 0 Å². The number of rotatable bonds is 5. The summed E-state index contributed by atoms with van der Waals surface area (Å²) in [7, 11) is 0. The van der Waals surface area contributed by atoms with E-state index in [0.29, 0.717) is 18.6 Å². The van der Waals surface area contributed by atoms with Gasteiger partial charge < -0.3 is 0 Å². The van der Waals surface area contributed by atoms with Gasteiger partial charge in [-0.1, -0.05) is 30.3 Å². The smallest absolute Gasteiger partial charge is 0.143 e. The van der Waals surface area contributed by atoms with Crippen molar-refractivity contribution in [1.82, 2.24) is 0 Å². The third-order valence-electron chi connectivity index (χ3n) is 3.34. The lowest BCUT2D eigenvalue weighted by Gasteiger charge is -2.13. The second-order valence-electron chi connectivity index (χ2n) is 4.43. The molecule has 0 unspecified atom stereocenters. The van der Waals surface area contributed by atoms with Crippen LogP contribution in [0.4, 0.5) is 0 Å². The Morgan fingerprint density at radius 2 is 2.00 bits per heavy atom. The quantitative estimate of drug-likeness (QED) is 0.541. The van der Waals surface area contributed by atoms with Crippen LogP contribution >= 0.6 is 0 Å². The van der Waals surface area contributed by atoms with Gasteiger partial charge in [0, 0.05) is 12.8 Å². The first-order valence-corrected chi connectivity index (χ1v) is 5.82. The third-order valence-corrected chi connectivity index (χ3v) is 3.34. The van der Waals surface area contributed by atoms with Crippen LogP contribution in [0.15, 0.2) is 30.3 Å². The maximum atomic E-state index is 12.1. The normalized spacial score (nSPS) is 16.4. The largest absolute Gasteiger partial charge is 0.299 e. The topological polar surface area (TPSA) is 17.1 Å². The third kappa shape index (κ3) is 2.02. The number of hydrogen-bond donors (Lipinski definition) is 0. The fraction of sp³-hybridized carbons (Fsp3) is 0.400. The lowest BCUT2D eigenvalue weighted by atomic mass is 9.89. The highest BCUT2D eigenvalue weighted by Crippen LogP contribution is 2.49. The highest BCUT2D eigenvalue weighted by molar-refractivity contribution is 5.93. The number of benzene rings is 1. The number of carbonyl (C=O) groups excluding carboxylic acids is 1. The molecule has 0 amide bonds. The first-order chi connectivity index (χ1) is 7.79. The molecule has 82 valence electrons. The molecular formula is C15H16O. The van der Waals surface area contributed by atoms with Crippen LogP contribution in [-0.2, 0) is 10.2 Å². The van der Waals surface area contributed by atoms with Gasteiger partial charge in [0.2, 0.25) is 0 Å². The van der Waals surface area contributed by atoms with Gasteiger partial charge in [-0.25, -0.2) is 0 Å². The molecule has 0 aromatic heterocycles. The molecule has 1 heteroatoms. The van der Waals surface area contributed by atoms with Gasteiger partial charge in [0.05, 0.1) is 5.41 Å². The number of ketones is 1. The Labute approximate surface area is 96.9 Å². The molecule has 1 aliphatic carbocycles. The molecule has 0 saturated heterocycles. The summed E-state index contributed by atoms with van der Waals surface area (Å²) >= 11 is 0. The summed E-state index contributed by atoms with van der Waals surface area (Å²) in [6.07, 6.45) is 9.35. The maximum absolute atomic E-state index is 12.1. The number of unbranched alkanes of at least 4 members (excludes halogenated alkanes) is 1. The van der Waals surface area contributed by atoms with E-state index in [4.69, 9.17) is 6.42 Å². The average Bonchev–Trinajstić information content (AvgIpc) is 3.12. The molecule has 16 heavy (non-hydrogen) atoms. The molecule has 1 saturated carbocycles. The second-order valence-corrected chi connectivity index (χ2v) is 4.43. The molecule has 0 spiro atoms. The van der Waals surface area contributed by atoms with Crippen molar-refractivity contribution in [3.8, 4) is 12.3 Å². The predicted molar refractivity (Wildman–Crippen MR) is 65.0 cm³/mol. The summed E-state index contributed by atoms with van der Waals surface area (Å²) < 4.78 is 0. The standard InChI is InChI=1S/C15H16O/c1-2-3-5-10-14(16)15(11-12-15)13-8-6-4-7-9-13/h1,4,6-9H,3,5,10-12H2. The first-order valence-electron chi connectivity index (χ1n) is 5.82. The Bertz CT molecular complexity index is 407. The molecule has 1 aromatic rings. The van der Waals surface area contributed by atoms with E-state index in [-0.39, 0.29) is 5.41 Å². The summed E-state index contributed by atoms with van der Waals surface area (Å²) in [4.78, 5) is 12.1. The van der Waals surface area contributed by atoms with E-state index in [2.05, 4.69) is 18.1 Å². The summed E-state index contributed by atoms with van der Waals surface area (Å²) in [6.45, 7) is 0. The molecule has 1 aromatic carbocycles. The Kier molecular flexibility index (Phi) is 3.10. The van der Waals surface area contributed by atoms with Crippen LogP contribution in [0.3, 0.4) is 0 Å². The molecule has 0 radical (unpaired) electrons. The summed E-state index contributed by atoms with van der Waals surface area (Å²) in [6, 6.07) is 10.1. The van der Waals surface area contributed by atoms with Crippen LogP contribution in [0.5, 0.6) is 0 Å². The Balaban J connectivity index is 2.04. The highest BCUT2D eigenvalue weighted by atomic mass is 16.1. The van der Waals surface area contributed by atoms with Crippen LogP contribution in [0.25, 0.3) is 0 Å². The second kappa shape index (κ2) is 4.53. The van der Waals surface area contributed by atoms with Crippen molar-refractivity contribution in [2.24, 2.45) is 0 Å². The van der Waals surface area contributed by atoms with E-state index in [1.165, 1.54) is 5.56 Å². The number of hydrogen-bond acceptors (Lipinski definition) is 1. The zero-order chi connectivity index (χ0) is 11.4. The Hall–Kier alpha value is -1.55. The molecule has 0 aliphatic heterocycles. The van der Waals surface area contributed by atoms with Crippen molar-refractivity contribution >= 4 is 5.78 Å². The Morgan fingerprint density at radius 1 is 1.31 bits per heavy atom. The van der Waals surface area contributed by atoms with Gasteiger partial charge >= 0.3 is 0 Å². The van der Waals surface area contributed by atoms with Gasteiger partial charge in [0.15, 0.2) is 0 Å². The van der Waals surface area contributed by atoms with Crippen LogP contribution in [0, 0.1) is 12.3 Å². The van der Waals surface area contributed by atoms with Crippen molar-refractivity contribution < 1.29 is 4.79 Å². The molecule has 2 rings (SSSR count). The van der Waals surface area contributed by atoms with E-state index in [0.717, 1.165) is 19.3 Å². The molecule has 0 N–H and O–H groups in total. The van der Waals surface area contributed by atoms with Crippen LogP contribution in [0.2, 0.25) is 0 Å². The zero-order valence-electron chi connectivity index (χ0n) is 9.41. The van der Waals surface area contributed by atoms with Gasteiger partial charge in [-0.05, 0) is 24.8 Å². The van der Waals surface area contributed by atoms with E-state index in [1.807, 2.05) is 18.2 Å². The number of carbonyl (C=O) groups is 1. The number of terminal acetylenes is 1. The minimum atomic E-state index is -0.157. The highest BCUT2D eigenvalue weighted by Gasteiger charge is 2.49. The molecular weight excluding hydrogens is 196 g/mol. The van der Waals surface area contributed by atoms with Gasteiger partial charge in [-0.3, -0.25) is 4.79 Å². The minimum absolute atomic E-state index is 0.157. The van der Waals surface area contributed by atoms with E-state index < -0.39 is 0 Å². The van der Waals surface area contributed by atoms with Crippen molar-refractivity contribution in [2.45, 2.75) is 37.5 Å². The van der Waals surface area contributed by atoms with E-state index in [9.17, 15) is 4.79 Å². The lowest BCUT2D eigenvalue weighted by molar-refractivity contribution is -0.121. The maximum Gasteiger partial charge on any atom is 0.143 e. The van der Waals surface area contributed by atoms with E-state index >= 15 is 0 Å². The van der Waals surface area contributed by atoms with Crippen molar-refractivity contribution in [3.63, 3.8) is 0 Å². The summed E-state index contributed by atoms with van der Waals surface area (Å²) in [5.74, 6) is 2.95. The Morgan fingerprint density at radius 3 is 2.56 bits per heavy atom. The molecule has 0 heterocycles. The van der Waals surface area contributed by atoms with Gasteiger partial charge in [-0.2, -0.15) is 0 Å². The first kappa shape index (κ1) is 11.0. The van der Waals surface area contributed by atoms with Gasteiger partial charge in [0.1, 0.15) is 5.78 Å². The molecule has 1 fully saturated rings. The van der Waals surface area contributed by atoms with Gasteiger partial charge in [0.25, 0.3) is 0 Å². The number of Topliss-reactive ketones (excluding diaryl/α,β-unsaturated/α-hetero) is 1. The lowest BCUT2D eigenvalue weighted by Crippen LogP contribution is -2.20. The summed E-state index contributed by atoms with van der Waals surface area (Å²) in [5.41, 5.74) is 1.02. The molecule has 0 atom stereocenters. The average molecular weight is 212 g/mol. The fourth-order valence-corrected chi connectivity index (χ4v) is 2.20.